The molecule has 2 atom stereocenters. The van der Waals surface area contributed by atoms with Crippen LogP contribution in [0, 0.1) is 0 Å². The van der Waals surface area contributed by atoms with E-state index >= 15 is 0 Å². The third kappa shape index (κ3) is 1.78. The first kappa shape index (κ1) is 13.3. The predicted molar refractivity (Wildman–Crippen MR) is 84.2 cm³/mol. The molecule has 2 aromatic rings. The van der Waals surface area contributed by atoms with E-state index in [1.807, 2.05) is 0 Å². The van der Waals surface area contributed by atoms with E-state index in [-0.39, 0.29) is 17.2 Å². The van der Waals surface area contributed by atoms with Gasteiger partial charge in [-0.15, -0.1) is 11.3 Å². The van der Waals surface area contributed by atoms with Gasteiger partial charge in [0.1, 0.15) is 4.83 Å². The molecular weight excluding hydrogens is 286 g/mol. The lowest BCUT2D eigenvalue weighted by Crippen LogP contribution is -2.31. The number of thiophene rings is 1. The molecule has 6 heteroatoms. The monoisotopic (exact) mass is 305 g/mol. The summed E-state index contributed by atoms with van der Waals surface area (Å²) in [6.07, 6.45) is 0.774. The molecule has 4 rings (SSSR count). The molecule has 2 unspecified atom stereocenters. The van der Waals surface area contributed by atoms with Crippen LogP contribution in [-0.2, 0) is 17.8 Å². The number of rotatable bonds is 0. The zero-order valence-corrected chi connectivity index (χ0v) is 13.5. The molecule has 4 heterocycles. The second-order valence-electron chi connectivity index (χ2n) is 6.69. The number of ether oxygens (including phenoxy) is 1. The summed E-state index contributed by atoms with van der Waals surface area (Å²) in [4.78, 5) is 19.0. The molecule has 1 N–H and O–H groups in total. The van der Waals surface area contributed by atoms with Crippen LogP contribution in [0.2, 0.25) is 0 Å². The molecule has 112 valence electrons. The highest BCUT2D eigenvalue weighted by Gasteiger charge is 2.34. The molecule has 5 nitrogen and oxygen atoms in total. The van der Waals surface area contributed by atoms with Crippen molar-refractivity contribution in [3.05, 3.63) is 20.8 Å². The minimum atomic E-state index is -0.214. The highest BCUT2D eigenvalue weighted by atomic mass is 32.1. The van der Waals surface area contributed by atoms with Crippen molar-refractivity contribution in [2.24, 2.45) is 0 Å². The Bertz CT molecular complexity index is 805. The van der Waals surface area contributed by atoms with Gasteiger partial charge in [0.25, 0.3) is 5.56 Å². The highest BCUT2D eigenvalue weighted by Crippen LogP contribution is 2.40. The molecule has 0 radical (unpaired) electrons. The van der Waals surface area contributed by atoms with Gasteiger partial charge in [-0.05, 0) is 33.3 Å². The van der Waals surface area contributed by atoms with E-state index in [0.717, 1.165) is 22.2 Å². The number of anilines is 1. The Morgan fingerprint density at radius 1 is 1.43 bits per heavy atom. The lowest BCUT2D eigenvalue weighted by molar-refractivity contribution is -0.0379. The minimum Gasteiger partial charge on any atom is -0.370 e. The first-order valence-electron chi connectivity index (χ1n) is 7.35. The van der Waals surface area contributed by atoms with Crippen LogP contribution in [0.15, 0.2) is 4.79 Å². The number of hydrogen-bond acceptors (Lipinski definition) is 5. The van der Waals surface area contributed by atoms with E-state index in [0.29, 0.717) is 18.6 Å². The van der Waals surface area contributed by atoms with Gasteiger partial charge in [-0.2, -0.15) is 4.98 Å². The normalized spacial score (nSPS) is 26.5. The molecule has 2 aromatic heterocycles. The zero-order valence-electron chi connectivity index (χ0n) is 12.7. The van der Waals surface area contributed by atoms with E-state index in [9.17, 15) is 4.79 Å². The van der Waals surface area contributed by atoms with Gasteiger partial charge in [0, 0.05) is 17.3 Å². The smallest absolute Gasteiger partial charge is 0.283 e. The molecule has 2 aliphatic heterocycles. The molecule has 0 bridgehead atoms. The maximum absolute atomic E-state index is 12.5. The van der Waals surface area contributed by atoms with Crippen molar-refractivity contribution < 1.29 is 4.74 Å². The van der Waals surface area contributed by atoms with Crippen molar-refractivity contribution in [2.45, 2.75) is 58.4 Å². The maximum Gasteiger partial charge on any atom is 0.283 e. The summed E-state index contributed by atoms with van der Waals surface area (Å²) in [5, 5.41) is 4.11. The number of nitrogens with one attached hydrogen (secondary N) is 1. The van der Waals surface area contributed by atoms with Crippen molar-refractivity contribution in [3.63, 3.8) is 0 Å². The largest absolute Gasteiger partial charge is 0.370 e. The third-order valence-corrected chi connectivity index (χ3v) is 5.83. The Hall–Kier alpha value is -1.40. The maximum atomic E-state index is 12.5. The predicted octanol–water partition coefficient (Wildman–Crippen LogP) is 2.68. The van der Waals surface area contributed by atoms with Crippen LogP contribution in [0.25, 0.3) is 10.2 Å². The van der Waals surface area contributed by atoms with Gasteiger partial charge in [0.15, 0.2) is 0 Å². The summed E-state index contributed by atoms with van der Waals surface area (Å²) in [6.45, 7) is 9.02. The second kappa shape index (κ2) is 4.08. The molecule has 21 heavy (non-hydrogen) atoms. The standard InChI is InChI=1S/C15H19N3O2S/c1-7-8(2)18-13-11(12(19)17-14(18)16-7)9-5-15(3,4)20-6-10(9)21-13/h7-8H,5-6H2,1-4H3,(H,16,17,19). The summed E-state index contributed by atoms with van der Waals surface area (Å²) in [6, 6.07) is 0.582. The number of fused-ring (bicyclic) bond motifs is 5. The fourth-order valence-electron chi connectivity index (χ4n) is 3.26. The topological polar surface area (TPSA) is 56.2 Å². The summed E-state index contributed by atoms with van der Waals surface area (Å²) >= 11 is 1.68. The van der Waals surface area contributed by atoms with Crippen LogP contribution in [0.1, 0.15) is 44.2 Å². The van der Waals surface area contributed by atoms with E-state index in [1.54, 1.807) is 11.3 Å². The van der Waals surface area contributed by atoms with Gasteiger partial charge in [-0.25, -0.2) is 0 Å². The SMILES string of the molecule is CC1Nc2nc(=O)c3c4c(sc3n2C1C)COC(C)(C)C4. The average molecular weight is 305 g/mol. The van der Waals surface area contributed by atoms with Crippen LogP contribution < -0.4 is 10.9 Å². The Morgan fingerprint density at radius 3 is 2.95 bits per heavy atom. The zero-order chi connectivity index (χ0) is 14.9. The minimum absolute atomic E-state index is 0.111. The second-order valence-corrected chi connectivity index (χ2v) is 7.78. The Balaban J connectivity index is 2.04. The molecule has 0 saturated carbocycles. The van der Waals surface area contributed by atoms with Gasteiger partial charge in [-0.3, -0.25) is 9.36 Å². The molecule has 0 spiro atoms. The van der Waals surface area contributed by atoms with Gasteiger partial charge >= 0.3 is 0 Å². The highest BCUT2D eigenvalue weighted by molar-refractivity contribution is 7.18. The number of hydrogen-bond donors (Lipinski definition) is 1. The molecule has 0 fully saturated rings. The van der Waals surface area contributed by atoms with Crippen LogP contribution in [-0.4, -0.2) is 21.2 Å². The third-order valence-electron chi connectivity index (χ3n) is 4.62. The molecule has 0 amide bonds. The van der Waals surface area contributed by atoms with E-state index in [4.69, 9.17) is 4.74 Å². The van der Waals surface area contributed by atoms with Gasteiger partial charge in [0.2, 0.25) is 5.95 Å². The summed E-state index contributed by atoms with van der Waals surface area (Å²) in [7, 11) is 0. The average Bonchev–Trinajstić information content (AvgIpc) is 2.87. The van der Waals surface area contributed by atoms with Crippen molar-refractivity contribution in [3.8, 4) is 0 Å². The summed E-state index contributed by atoms with van der Waals surface area (Å²) in [5.74, 6) is 0.700. The van der Waals surface area contributed by atoms with Crippen LogP contribution in [0.3, 0.4) is 0 Å². The summed E-state index contributed by atoms with van der Waals surface area (Å²) in [5.41, 5.74) is 0.819. The van der Waals surface area contributed by atoms with Gasteiger partial charge < -0.3 is 10.1 Å². The first-order valence-corrected chi connectivity index (χ1v) is 8.16. The molecule has 0 saturated heterocycles. The first-order chi connectivity index (χ1) is 9.87. The lowest BCUT2D eigenvalue weighted by Gasteiger charge is -2.29. The van der Waals surface area contributed by atoms with Crippen molar-refractivity contribution in [1.29, 1.82) is 0 Å². The Morgan fingerprint density at radius 2 is 2.19 bits per heavy atom. The molecule has 2 aliphatic rings. The number of aromatic nitrogens is 2. The van der Waals surface area contributed by atoms with E-state index in [1.165, 1.54) is 4.88 Å². The van der Waals surface area contributed by atoms with Crippen molar-refractivity contribution in [2.75, 3.05) is 5.32 Å². The number of nitrogens with zero attached hydrogens (tertiary/aromatic N) is 2. The van der Waals surface area contributed by atoms with Crippen molar-refractivity contribution in [1.82, 2.24) is 9.55 Å². The fourth-order valence-corrected chi connectivity index (χ4v) is 4.57. The lowest BCUT2D eigenvalue weighted by atomic mass is 9.94. The Kier molecular flexibility index (Phi) is 2.58. The van der Waals surface area contributed by atoms with Crippen LogP contribution in [0.5, 0.6) is 0 Å². The molecule has 0 aliphatic carbocycles. The van der Waals surface area contributed by atoms with E-state index < -0.39 is 0 Å². The van der Waals surface area contributed by atoms with E-state index in [2.05, 4.69) is 42.6 Å². The molecule has 0 aromatic carbocycles. The van der Waals surface area contributed by atoms with Crippen LogP contribution >= 0.6 is 11.3 Å². The summed E-state index contributed by atoms with van der Waals surface area (Å²) < 4.78 is 8.07. The van der Waals surface area contributed by atoms with Gasteiger partial charge in [-0.1, -0.05) is 0 Å². The van der Waals surface area contributed by atoms with Crippen molar-refractivity contribution >= 4 is 27.5 Å². The van der Waals surface area contributed by atoms with Gasteiger partial charge in [0.05, 0.1) is 23.6 Å². The Labute approximate surface area is 127 Å². The molecular formula is C15H19N3O2S. The quantitative estimate of drug-likeness (QED) is 0.813. The fraction of sp³-hybridized carbons (Fsp3) is 0.600. The van der Waals surface area contributed by atoms with Crippen LogP contribution in [0.4, 0.5) is 5.95 Å².